The van der Waals surface area contributed by atoms with Crippen molar-refractivity contribution in [1.82, 2.24) is 15.3 Å². The number of aromatic nitrogens is 2. The summed E-state index contributed by atoms with van der Waals surface area (Å²) < 4.78 is 0. The molecule has 2 aliphatic heterocycles. The van der Waals surface area contributed by atoms with Gasteiger partial charge in [-0.05, 0) is 13.0 Å². The molecule has 4 nitrogen and oxygen atoms in total. The van der Waals surface area contributed by atoms with E-state index in [1.165, 1.54) is 17.7 Å². The SMILES string of the molecule is c1nc2c(c(NC3CCNC3)n1)CSC2. The zero-order valence-electron chi connectivity index (χ0n) is 8.49. The first-order valence-electron chi connectivity index (χ1n) is 5.31. The average Bonchev–Trinajstić information content (AvgIpc) is 2.87. The van der Waals surface area contributed by atoms with Gasteiger partial charge in [-0.2, -0.15) is 11.8 Å². The summed E-state index contributed by atoms with van der Waals surface area (Å²) in [4.78, 5) is 8.66. The van der Waals surface area contributed by atoms with Gasteiger partial charge in [0.15, 0.2) is 0 Å². The van der Waals surface area contributed by atoms with E-state index in [9.17, 15) is 0 Å². The van der Waals surface area contributed by atoms with Crippen molar-refractivity contribution >= 4 is 17.6 Å². The summed E-state index contributed by atoms with van der Waals surface area (Å²) in [5.41, 5.74) is 2.53. The van der Waals surface area contributed by atoms with E-state index in [0.717, 1.165) is 30.4 Å². The van der Waals surface area contributed by atoms with Gasteiger partial charge in [-0.3, -0.25) is 0 Å². The molecular weight excluding hydrogens is 208 g/mol. The van der Waals surface area contributed by atoms with Crippen LogP contribution >= 0.6 is 11.8 Å². The lowest BCUT2D eigenvalue weighted by atomic mass is 10.2. The third kappa shape index (κ3) is 1.81. The molecule has 15 heavy (non-hydrogen) atoms. The van der Waals surface area contributed by atoms with Gasteiger partial charge in [-0.15, -0.1) is 0 Å². The largest absolute Gasteiger partial charge is 0.366 e. The molecule has 0 spiro atoms. The van der Waals surface area contributed by atoms with Crippen molar-refractivity contribution < 1.29 is 0 Å². The van der Waals surface area contributed by atoms with E-state index in [0.29, 0.717) is 6.04 Å². The molecular formula is C10H14N4S. The topological polar surface area (TPSA) is 49.8 Å². The van der Waals surface area contributed by atoms with Crippen molar-refractivity contribution in [2.45, 2.75) is 24.0 Å². The lowest BCUT2D eigenvalue weighted by Gasteiger charge is -2.14. The van der Waals surface area contributed by atoms with Crippen LogP contribution < -0.4 is 10.6 Å². The molecule has 0 aliphatic carbocycles. The molecule has 0 amide bonds. The number of fused-ring (bicyclic) bond motifs is 1. The van der Waals surface area contributed by atoms with Crippen molar-refractivity contribution in [2.24, 2.45) is 0 Å². The van der Waals surface area contributed by atoms with Crippen LogP contribution in [0.25, 0.3) is 0 Å². The lowest BCUT2D eigenvalue weighted by molar-refractivity contribution is 0.784. The number of thioether (sulfide) groups is 1. The molecule has 1 fully saturated rings. The highest BCUT2D eigenvalue weighted by molar-refractivity contribution is 7.98. The molecule has 0 radical (unpaired) electrons. The quantitative estimate of drug-likeness (QED) is 0.781. The maximum atomic E-state index is 4.35. The molecule has 2 aliphatic rings. The van der Waals surface area contributed by atoms with Gasteiger partial charge in [0, 0.05) is 29.7 Å². The third-order valence-electron chi connectivity index (χ3n) is 2.92. The predicted octanol–water partition coefficient (Wildman–Crippen LogP) is 0.997. The number of anilines is 1. The standard InChI is InChI=1S/C10H14N4S/c1-2-11-3-7(1)14-10-8-4-15-5-9(8)12-6-13-10/h6-7,11H,1-5H2,(H,12,13,14). The van der Waals surface area contributed by atoms with Gasteiger partial charge in [-0.25, -0.2) is 9.97 Å². The number of nitrogens with one attached hydrogen (secondary N) is 2. The van der Waals surface area contributed by atoms with E-state index in [2.05, 4.69) is 20.6 Å². The Morgan fingerprint density at radius 2 is 2.40 bits per heavy atom. The molecule has 80 valence electrons. The maximum absolute atomic E-state index is 4.35. The van der Waals surface area contributed by atoms with Crippen LogP contribution in [0.3, 0.4) is 0 Å². The van der Waals surface area contributed by atoms with Crippen LogP contribution in [0.4, 0.5) is 5.82 Å². The van der Waals surface area contributed by atoms with Gasteiger partial charge in [0.25, 0.3) is 0 Å². The van der Waals surface area contributed by atoms with E-state index in [-0.39, 0.29) is 0 Å². The molecule has 3 heterocycles. The Kier molecular flexibility index (Phi) is 2.50. The van der Waals surface area contributed by atoms with Gasteiger partial charge >= 0.3 is 0 Å². The predicted molar refractivity (Wildman–Crippen MR) is 61.9 cm³/mol. The molecule has 1 saturated heterocycles. The summed E-state index contributed by atoms with van der Waals surface area (Å²) in [5, 5.41) is 6.86. The Morgan fingerprint density at radius 3 is 3.27 bits per heavy atom. The summed E-state index contributed by atoms with van der Waals surface area (Å²) in [6, 6.07) is 0.537. The number of nitrogens with zero attached hydrogens (tertiary/aromatic N) is 2. The Bertz CT molecular complexity index is 362. The van der Waals surface area contributed by atoms with Crippen molar-refractivity contribution in [2.75, 3.05) is 18.4 Å². The lowest BCUT2D eigenvalue weighted by Crippen LogP contribution is -2.23. The van der Waals surface area contributed by atoms with Gasteiger partial charge < -0.3 is 10.6 Å². The fraction of sp³-hybridized carbons (Fsp3) is 0.600. The van der Waals surface area contributed by atoms with Crippen LogP contribution in [-0.4, -0.2) is 29.1 Å². The molecule has 0 saturated carbocycles. The van der Waals surface area contributed by atoms with E-state index in [4.69, 9.17) is 0 Å². The molecule has 3 rings (SSSR count). The molecule has 1 aromatic heterocycles. The van der Waals surface area contributed by atoms with Gasteiger partial charge in [0.05, 0.1) is 5.69 Å². The van der Waals surface area contributed by atoms with Crippen LogP contribution in [0.5, 0.6) is 0 Å². The highest BCUT2D eigenvalue weighted by Gasteiger charge is 2.20. The van der Waals surface area contributed by atoms with E-state index < -0.39 is 0 Å². The molecule has 1 unspecified atom stereocenters. The van der Waals surface area contributed by atoms with Crippen LogP contribution in [0, 0.1) is 0 Å². The van der Waals surface area contributed by atoms with Crippen molar-refractivity contribution in [3.05, 3.63) is 17.6 Å². The van der Waals surface area contributed by atoms with E-state index in [1.807, 2.05) is 11.8 Å². The Balaban J connectivity index is 1.82. The summed E-state index contributed by atoms with van der Waals surface area (Å²) in [6.07, 6.45) is 2.86. The van der Waals surface area contributed by atoms with Crippen molar-refractivity contribution in [1.29, 1.82) is 0 Å². The second-order valence-corrected chi connectivity index (χ2v) is 4.96. The minimum atomic E-state index is 0.537. The fourth-order valence-corrected chi connectivity index (χ4v) is 3.12. The number of hydrogen-bond acceptors (Lipinski definition) is 5. The summed E-state index contributed by atoms with van der Waals surface area (Å²) in [6.45, 7) is 2.16. The zero-order chi connectivity index (χ0) is 10.1. The number of rotatable bonds is 2. The minimum absolute atomic E-state index is 0.537. The third-order valence-corrected chi connectivity index (χ3v) is 3.89. The smallest absolute Gasteiger partial charge is 0.133 e. The Morgan fingerprint density at radius 1 is 1.40 bits per heavy atom. The molecule has 0 aromatic carbocycles. The molecule has 0 bridgehead atoms. The van der Waals surface area contributed by atoms with Crippen LogP contribution in [-0.2, 0) is 11.5 Å². The first-order valence-corrected chi connectivity index (χ1v) is 6.47. The first-order chi connectivity index (χ1) is 7.43. The summed E-state index contributed by atoms with van der Waals surface area (Å²) in [7, 11) is 0. The highest BCUT2D eigenvalue weighted by Crippen LogP contribution is 2.32. The summed E-state index contributed by atoms with van der Waals surface area (Å²) >= 11 is 1.92. The molecule has 1 atom stereocenters. The van der Waals surface area contributed by atoms with Crippen LogP contribution in [0.1, 0.15) is 17.7 Å². The first kappa shape index (κ1) is 9.42. The second kappa shape index (κ2) is 3.98. The fourth-order valence-electron chi connectivity index (χ4n) is 2.07. The molecule has 5 heteroatoms. The monoisotopic (exact) mass is 222 g/mol. The average molecular weight is 222 g/mol. The Hall–Kier alpha value is -0.810. The Labute approximate surface area is 93.3 Å². The van der Waals surface area contributed by atoms with Crippen molar-refractivity contribution in [3.63, 3.8) is 0 Å². The normalized spacial score (nSPS) is 24.1. The van der Waals surface area contributed by atoms with Gasteiger partial charge in [0.1, 0.15) is 12.1 Å². The van der Waals surface area contributed by atoms with Crippen LogP contribution in [0.15, 0.2) is 6.33 Å². The maximum Gasteiger partial charge on any atom is 0.133 e. The minimum Gasteiger partial charge on any atom is -0.366 e. The zero-order valence-corrected chi connectivity index (χ0v) is 9.31. The van der Waals surface area contributed by atoms with Gasteiger partial charge in [-0.1, -0.05) is 0 Å². The van der Waals surface area contributed by atoms with E-state index >= 15 is 0 Å². The highest BCUT2D eigenvalue weighted by atomic mass is 32.2. The van der Waals surface area contributed by atoms with Gasteiger partial charge in [0.2, 0.25) is 0 Å². The van der Waals surface area contributed by atoms with Crippen molar-refractivity contribution in [3.8, 4) is 0 Å². The molecule has 2 N–H and O–H groups in total. The number of hydrogen-bond donors (Lipinski definition) is 2. The van der Waals surface area contributed by atoms with E-state index in [1.54, 1.807) is 6.33 Å². The molecule has 1 aromatic rings. The second-order valence-electron chi connectivity index (χ2n) is 3.97. The van der Waals surface area contributed by atoms with Crippen LogP contribution in [0.2, 0.25) is 0 Å². The summed E-state index contributed by atoms with van der Waals surface area (Å²) in [5.74, 6) is 3.15.